The number of rotatable bonds is 17. The zero-order valence-corrected chi connectivity index (χ0v) is 18.8. The summed E-state index contributed by atoms with van der Waals surface area (Å²) < 4.78 is 11.2. The van der Waals surface area contributed by atoms with E-state index in [4.69, 9.17) is 9.47 Å². The highest BCUT2D eigenvalue weighted by Crippen LogP contribution is 2.32. The summed E-state index contributed by atoms with van der Waals surface area (Å²) in [5.74, 6) is -0.319. The van der Waals surface area contributed by atoms with Gasteiger partial charge in [-0.3, -0.25) is 9.59 Å². The van der Waals surface area contributed by atoms with Gasteiger partial charge in [-0.05, 0) is 31.6 Å². The number of esters is 2. The van der Waals surface area contributed by atoms with Crippen molar-refractivity contribution in [3.8, 4) is 0 Å². The maximum atomic E-state index is 12.6. The predicted molar refractivity (Wildman–Crippen MR) is 113 cm³/mol. The first kappa shape index (κ1) is 25.4. The van der Waals surface area contributed by atoms with Crippen LogP contribution in [0.15, 0.2) is 0 Å². The van der Waals surface area contributed by atoms with Gasteiger partial charge in [0.2, 0.25) is 6.41 Å². The monoisotopic (exact) mass is 411 g/mol. The van der Waals surface area contributed by atoms with Gasteiger partial charge in [0.05, 0.1) is 5.92 Å². The maximum Gasteiger partial charge on any atom is 0.328 e. The number of hydrogen-bond donors (Lipinski definition) is 1. The second kappa shape index (κ2) is 14.4. The Kier molecular flexibility index (Phi) is 12.6. The SMILES string of the molecule is CCCCCC[C@@H]1C(=O)O[C@H]1C[C@H](CCCCC)OC(=O)[C@H](CC(C)C)NC=O. The third-order valence-electron chi connectivity index (χ3n) is 5.56. The lowest BCUT2D eigenvalue weighted by Gasteiger charge is -2.37. The number of cyclic esters (lactones) is 1. The summed E-state index contributed by atoms with van der Waals surface area (Å²) in [4.78, 5) is 35.4. The minimum atomic E-state index is -0.630. The van der Waals surface area contributed by atoms with Gasteiger partial charge in [-0.1, -0.05) is 66.2 Å². The lowest BCUT2D eigenvalue weighted by Crippen LogP contribution is -2.48. The Balaban J connectivity index is 2.64. The number of ether oxygens (including phenoxy) is 2. The molecule has 6 heteroatoms. The Hall–Kier alpha value is -1.59. The smallest absolute Gasteiger partial charge is 0.328 e. The summed E-state index contributed by atoms with van der Waals surface area (Å²) in [5, 5.41) is 2.58. The van der Waals surface area contributed by atoms with Crippen LogP contribution in [0.1, 0.15) is 98.3 Å². The molecule has 1 heterocycles. The van der Waals surface area contributed by atoms with Crippen molar-refractivity contribution in [2.24, 2.45) is 11.8 Å². The largest absolute Gasteiger partial charge is 0.461 e. The van der Waals surface area contributed by atoms with E-state index >= 15 is 0 Å². The van der Waals surface area contributed by atoms with Crippen LogP contribution in [0.4, 0.5) is 0 Å². The summed E-state index contributed by atoms with van der Waals surface area (Å²) in [6, 6.07) is -0.630. The molecule has 1 aliphatic rings. The fourth-order valence-electron chi connectivity index (χ4n) is 3.84. The van der Waals surface area contributed by atoms with Crippen LogP contribution in [-0.4, -0.2) is 36.6 Å². The van der Waals surface area contributed by atoms with E-state index in [0.29, 0.717) is 19.3 Å². The van der Waals surface area contributed by atoms with E-state index in [0.717, 1.165) is 44.9 Å². The van der Waals surface area contributed by atoms with Gasteiger partial charge in [0.1, 0.15) is 18.2 Å². The molecule has 0 aromatic carbocycles. The van der Waals surface area contributed by atoms with Crippen LogP contribution in [0.5, 0.6) is 0 Å². The highest BCUT2D eigenvalue weighted by molar-refractivity contribution is 5.79. The number of amides is 1. The number of carbonyl (C=O) groups is 3. The van der Waals surface area contributed by atoms with Crippen LogP contribution in [0, 0.1) is 11.8 Å². The van der Waals surface area contributed by atoms with Crippen molar-refractivity contribution in [1.29, 1.82) is 0 Å². The fraction of sp³-hybridized carbons (Fsp3) is 0.870. The van der Waals surface area contributed by atoms with E-state index in [1.807, 2.05) is 13.8 Å². The summed E-state index contributed by atoms with van der Waals surface area (Å²) in [6.07, 6.45) is 10.4. The van der Waals surface area contributed by atoms with Crippen molar-refractivity contribution in [2.75, 3.05) is 0 Å². The summed E-state index contributed by atoms with van der Waals surface area (Å²) >= 11 is 0. The van der Waals surface area contributed by atoms with Gasteiger partial charge >= 0.3 is 11.9 Å². The Bertz CT molecular complexity index is 494. The molecule has 1 saturated heterocycles. The third kappa shape index (κ3) is 9.64. The van der Waals surface area contributed by atoms with Crippen LogP contribution >= 0.6 is 0 Å². The van der Waals surface area contributed by atoms with E-state index in [-0.39, 0.29) is 30.0 Å². The van der Waals surface area contributed by atoms with Crippen molar-refractivity contribution in [3.05, 3.63) is 0 Å². The van der Waals surface area contributed by atoms with Gasteiger partial charge < -0.3 is 14.8 Å². The average Bonchev–Trinajstić information content (AvgIpc) is 2.66. The van der Waals surface area contributed by atoms with E-state index in [1.54, 1.807) is 0 Å². The fourth-order valence-corrected chi connectivity index (χ4v) is 3.84. The second-order valence-electron chi connectivity index (χ2n) is 8.69. The standard InChI is InChI=1S/C23H41NO5/c1-5-7-9-11-13-19-21(29-22(19)26)15-18(12-10-8-6-2)28-23(27)20(24-16-25)14-17(3)4/h16-21H,5-15H2,1-4H3,(H,24,25)/t18-,19-,20-,21-/m0/s1. The number of carbonyl (C=O) groups excluding carboxylic acids is 3. The molecule has 1 aliphatic heterocycles. The summed E-state index contributed by atoms with van der Waals surface area (Å²) in [5.41, 5.74) is 0. The van der Waals surface area contributed by atoms with Crippen molar-refractivity contribution in [1.82, 2.24) is 5.32 Å². The van der Waals surface area contributed by atoms with Gasteiger partial charge in [0.25, 0.3) is 0 Å². The van der Waals surface area contributed by atoms with Crippen molar-refractivity contribution in [2.45, 2.75) is 117 Å². The van der Waals surface area contributed by atoms with Crippen LogP contribution in [0.2, 0.25) is 0 Å². The number of hydrogen-bond acceptors (Lipinski definition) is 5. The summed E-state index contributed by atoms with van der Waals surface area (Å²) in [7, 11) is 0. The quantitative estimate of drug-likeness (QED) is 0.216. The zero-order valence-electron chi connectivity index (χ0n) is 18.8. The normalized spacial score (nSPS) is 20.5. The first-order chi connectivity index (χ1) is 13.9. The molecule has 0 aromatic rings. The molecule has 0 saturated carbocycles. The number of nitrogens with one attached hydrogen (secondary N) is 1. The Morgan fingerprint density at radius 1 is 1.14 bits per heavy atom. The highest BCUT2D eigenvalue weighted by Gasteiger charge is 2.43. The Labute approximate surface area is 176 Å². The van der Waals surface area contributed by atoms with E-state index in [9.17, 15) is 14.4 Å². The topological polar surface area (TPSA) is 81.7 Å². The Morgan fingerprint density at radius 2 is 1.83 bits per heavy atom. The molecule has 0 radical (unpaired) electrons. The molecule has 0 unspecified atom stereocenters. The zero-order chi connectivity index (χ0) is 21.6. The maximum absolute atomic E-state index is 12.6. The summed E-state index contributed by atoms with van der Waals surface area (Å²) in [6.45, 7) is 8.31. The molecule has 0 aliphatic carbocycles. The molecular formula is C23H41NO5. The first-order valence-corrected chi connectivity index (χ1v) is 11.5. The molecule has 6 nitrogen and oxygen atoms in total. The third-order valence-corrected chi connectivity index (χ3v) is 5.56. The second-order valence-corrected chi connectivity index (χ2v) is 8.69. The van der Waals surface area contributed by atoms with Gasteiger partial charge in [-0.2, -0.15) is 0 Å². The molecule has 1 N–H and O–H groups in total. The molecule has 1 fully saturated rings. The van der Waals surface area contributed by atoms with E-state index in [2.05, 4.69) is 19.2 Å². The molecular weight excluding hydrogens is 370 g/mol. The highest BCUT2D eigenvalue weighted by atomic mass is 16.6. The molecule has 1 amide bonds. The van der Waals surface area contributed by atoms with Crippen LogP contribution < -0.4 is 5.32 Å². The van der Waals surface area contributed by atoms with Crippen LogP contribution in [0.3, 0.4) is 0 Å². The van der Waals surface area contributed by atoms with Gasteiger partial charge in [0.15, 0.2) is 0 Å². The minimum Gasteiger partial charge on any atom is -0.461 e. The lowest BCUT2D eigenvalue weighted by atomic mass is 9.86. The molecule has 29 heavy (non-hydrogen) atoms. The van der Waals surface area contributed by atoms with Crippen LogP contribution in [0.25, 0.3) is 0 Å². The van der Waals surface area contributed by atoms with E-state index in [1.165, 1.54) is 12.8 Å². The minimum absolute atomic E-state index is 0.0706. The van der Waals surface area contributed by atoms with Crippen molar-refractivity contribution in [3.63, 3.8) is 0 Å². The molecule has 4 atom stereocenters. The molecule has 1 rings (SSSR count). The first-order valence-electron chi connectivity index (χ1n) is 11.5. The Morgan fingerprint density at radius 3 is 2.41 bits per heavy atom. The van der Waals surface area contributed by atoms with Gasteiger partial charge in [-0.25, -0.2) is 4.79 Å². The van der Waals surface area contributed by atoms with Crippen LogP contribution in [-0.2, 0) is 23.9 Å². The molecule has 0 bridgehead atoms. The van der Waals surface area contributed by atoms with Crippen molar-refractivity contribution < 1.29 is 23.9 Å². The van der Waals surface area contributed by atoms with Crippen molar-refractivity contribution >= 4 is 18.3 Å². The van der Waals surface area contributed by atoms with Gasteiger partial charge in [0, 0.05) is 6.42 Å². The van der Waals surface area contributed by atoms with Gasteiger partial charge in [-0.15, -0.1) is 0 Å². The molecule has 0 spiro atoms. The number of unbranched alkanes of at least 4 members (excludes halogenated alkanes) is 5. The van der Waals surface area contributed by atoms with E-state index < -0.39 is 12.0 Å². The molecule has 0 aromatic heterocycles. The molecule has 168 valence electrons. The predicted octanol–water partition coefficient (Wildman–Crippen LogP) is 4.54. The average molecular weight is 412 g/mol. The lowest BCUT2D eigenvalue weighted by molar-refractivity contribution is -0.190.